The molecular weight excluding hydrogens is 246 g/mol. The van der Waals surface area contributed by atoms with Gasteiger partial charge in [-0.05, 0) is 42.3 Å². The molecular formula is C14H16ClN3. The van der Waals surface area contributed by atoms with Crippen LogP contribution in [-0.4, -0.2) is 11.5 Å². The number of nitrogens with two attached hydrogens (primary N) is 1. The van der Waals surface area contributed by atoms with E-state index in [2.05, 4.69) is 23.3 Å². The van der Waals surface area contributed by atoms with Crippen LogP contribution < -0.4 is 11.1 Å². The van der Waals surface area contributed by atoms with Crippen LogP contribution in [0.5, 0.6) is 0 Å². The summed E-state index contributed by atoms with van der Waals surface area (Å²) < 4.78 is 0. The lowest BCUT2D eigenvalue weighted by Gasteiger charge is -2.12. The topological polar surface area (TPSA) is 50.9 Å². The second-order valence-electron chi connectivity index (χ2n) is 3.95. The molecule has 0 aliphatic carbocycles. The van der Waals surface area contributed by atoms with Crippen LogP contribution in [0.3, 0.4) is 0 Å². The molecule has 2 rings (SSSR count). The molecule has 0 spiro atoms. The van der Waals surface area contributed by atoms with Crippen molar-refractivity contribution in [3.8, 4) is 11.1 Å². The molecule has 94 valence electrons. The molecule has 0 bridgehead atoms. The number of pyridine rings is 1. The quantitative estimate of drug-likeness (QED) is 0.831. The van der Waals surface area contributed by atoms with Crippen molar-refractivity contribution in [1.29, 1.82) is 0 Å². The third-order valence-electron chi connectivity index (χ3n) is 2.76. The fraction of sp³-hybridized carbons (Fsp3) is 0.214. The zero-order valence-electron chi connectivity index (χ0n) is 10.3. The first-order valence-corrected chi connectivity index (χ1v) is 6.31. The zero-order chi connectivity index (χ0) is 13.0. The highest BCUT2D eigenvalue weighted by Crippen LogP contribution is 2.29. The van der Waals surface area contributed by atoms with Crippen LogP contribution >= 0.6 is 11.6 Å². The maximum atomic E-state index is 6.10. The van der Waals surface area contributed by atoms with Gasteiger partial charge < -0.3 is 11.1 Å². The summed E-state index contributed by atoms with van der Waals surface area (Å²) >= 11 is 6.10. The Morgan fingerprint density at radius 3 is 2.83 bits per heavy atom. The van der Waals surface area contributed by atoms with Crippen molar-refractivity contribution < 1.29 is 0 Å². The molecule has 0 atom stereocenters. The van der Waals surface area contributed by atoms with Gasteiger partial charge >= 0.3 is 0 Å². The summed E-state index contributed by atoms with van der Waals surface area (Å²) in [5.41, 5.74) is 9.89. The minimum Gasteiger partial charge on any atom is -0.385 e. The van der Waals surface area contributed by atoms with E-state index in [0.717, 1.165) is 28.9 Å². The molecule has 0 saturated heterocycles. The van der Waals surface area contributed by atoms with E-state index in [-0.39, 0.29) is 0 Å². The Kier molecular flexibility index (Phi) is 4.18. The molecule has 0 unspecified atom stereocenters. The molecule has 2 aromatic rings. The normalized spacial score (nSPS) is 10.4. The number of anilines is 1. The van der Waals surface area contributed by atoms with Crippen molar-refractivity contribution in [3.05, 3.63) is 47.2 Å². The number of nitrogens with one attached hydrogen (secondary N) is 1. The van der Waals surface area contributed by atoms with Gasteiger partial charge in [-0.25, -0.2) is 4.98 Å². The number of hydrogen-bond acceptors (Lipinski definition) is 3. The maximum Gasteiger partial charge on any atom is 0.136 e. The first-order chi connectivity index (χ1) is 8.76. The number of halogens is 1. The van der Waals surface area contributed by atoms with Gasteiger partial charge in [0.15, 0.2) is 0 Å². The molecule has 0 aliphatic heterocycles. The molecule has 0 saturated carbocycles. The SMILES string of the molecule is CCNc1ccc(-c2cccnc2Cl)cc1CN. The van der Waals surface area contributed by atoms with Gasteiger partial charge in [-0.1, -0.05) is 17.7 Å². The number of hydrogen-bond donors (Lipinski definition) is 2. The van der Waals surface area contributed by atoms with Crippen LogP contribution in [0.2, 0.25) is 5.15 Å². The average Bonchev–Trinajstić information content (AvgIpc) is 2.40. The summed E-state index contributed by atoms with van der Waals surface area (Å²) in [7, 11) is 0. The zero-order valence-corrected chi connectivity index (χ0v) is 11.0. The molecule has 3 nitrogen and oxygen atoms in total. The van der Waals surface area contributed by atoms with Gasteiger partial charge in [0.2, 0.25) is 0 Å². The lowest BCUT2D eigenvalue weighted by Crippen LogP contribution is -2.05. The predicted molar refractivity (Wildman–Crippen MR) is 76.7 cm³/mol. The minimum absolute atomic E-state index is 0.494. The van der Waals surface area contributed by atoms with Gasteiger partial charge in [0.25, 0.3) is 0 Å². The lowest BCUT2D eigenvalue weighted by atomic mass is 10.0. The van der Waals surface area contributed by atoms with Gasteiger partial charge in [-0.3, -0.25) is 0 Å². The van der Waals surface area contributed by atoms with Gasteiger partial charge in [0.05, 0.1) is 0 Å². The van der Waals surface area contributed by atoms with Gasteiger partial charge in [0, 0.05) is 30.5 Å². The molecule has 1 aromatic heterocycles. The van der Waals surface area contributed by atoms with Gasteiger partial charge in [-0.2, -0.15) is 0 Å². The Balaban J connectivity index is 2.44. The fourth-order valence-corrected chi connectivity index (χ4v) is 2.12. The van der Waals surface area contributed by atoms with E-state index < -0.39 is 0 Å². The van der Waals surface area contributed by atoms with Crippen LogP contribution in [0.1, 0.15) is 12.5 Å². The Morgan fingerprint density at radius 2 is 2.17 bits per heavy atom. The predicted octanol–water partition coefficient (Wildman–Crippen LogP) is 3.29. The molecule has 0 aliphatic rings. The van der Waals surface area contributed by atoms with Crippen molar-refractivity contribution in [2.45, 2.75) is 13.5 Å². The molecule has 4 heteroatoms. The van der Waals surface area contributed by atoms with Crippen molar-refractivity contribution >= 4 is 17.3 Å². The second kappa shape index (κ2) is 5.85. The van der Waals surface area contributed by atoms with E-state index in [4.69, 9.17) is 17.3 Å². The van der Waals surface area contributed by atoms with Gasteiger partial charge in [0.1, 0.15) is 5.15 Å². The Bertz CT molecular complexity index is 540. The van der Waals surface area contributed by atoms with Crippen molar-refractivity contribution in [3.63, 3.8) is 0 Å². The van der Waals surface area contributed by atoms with E-state index in [1.807, 2.05) is 24.3 Å². The highest BCUT2D eigenvalue weighted by Gasteiger charge is 2.07. The van der Waals surface area contributed by atoms with Crippen LogP contribution in [0.4, 0.5) is 5.69 Å². The lowest BCUT2D eigenvalue weighted by molar-refractivity contribution is 1.06. The molecule has 1 aromatic carbocycles. The van der Waals surface area contributed by atoms with Crippen molar-refractivity contribution in [2.75, 3.05) is 11.9 Å². The summed E-state index contributed by atoms with van der Waals surface area (Å²) in [4.78, 5) is 4.09. The van der Waals surface area contributed by atoms with E-state index >= 15 is 0 Å². The Hall–Kier alpha value is -1.58. The highest BCUT2D eigenvalue weighted by atomic mass is 35.5. The minimum atomic E-state index is 0.494. The van der Waals surface area contributed by atoms with E-state index in [0.29, 0.717) is 11.7 Å². The number of nitrogens with zero attached hydrogens (tertiary/aromatic N) is 1. The smallest absolute Gasteiger partial charge is 0.136 e. The largest absolute Gasteiger partial charge is 0.385 e. The Morgan fingerprint density at radius 1 is 1.33 bits per heavy atom. The molecule has 0 radical (unpaired) electrons. The molecule has 18 heavy (non-hydrogen) atoms. The number of benzene rings is 1. The first kappa shape index (κ1) is 12.9. The summed E-state index contributed by atoms with van der Waals surface area (Å²) in [6, 6.07) is 9.95. The highest BCUT2D eigenvalue weighted by molar-refractivity contribution is 6.32. The summed E-state index contributed by atoms with van der Waals surface area (Å²) in [6.45, 7) is 3.43. The van der Waals surface area contributed by atoms with Crippen molar-refractivity contribution in [1.82, 2.24) is 4.98 Å². The molecule has 0 fully saturated rings. The fourth-order valence-electron chi connectivity index (χ4n) is 1.89. The Labute approximate surface area is 112 Å². The number of rotatable bonds is 4. The first-order valence-electron chi connectivity index (χ1n) is 5.94. The second-order valence-corrected chi connectivity index (χ2v) is 4.31. The summed E-state index contributed by atoms with van der Waals surface area (Å²) in [5.74, 6) is 0. The van der Waals surface area contributed by atoms with E-state index in [9.17, 15) is 0 Å². The monoisotopic (exact) mass is 261 g/mol. The van der Waals surface area contributed by atoms with Crippen LogP contribution in [0.25, 0.3) is 11.1 Å². The summed E-state index contributed by atoms with van der Waals surface area (Å²) in [6.07, 6.45) is 1.68. The summed E-state index contributed by atoms with van der Waals surface area (Å²) in [5, 5.41) is 3.80. The van der Waals surface area contributed by atoms with E-state index in [1.54, 1.807) is 6.20 Å². The van der Waals surface area contributed by atoms with Crippen LogP contribution in [0.15, 0.2) is 36.5 Å². The van der Waals surface area contributed by atoms with Crippen molar-refractivity contribution in [2.24, 2.45) is 5.73 Å². The number of aromatic nitrogens is 1. The van der Waals surface area contributed by atoms with E-state index in [1.165, 1.54) is 0 Å². The third kappa shape index (κ3) is 2.63. The average molecular weight is 262 g/mol. The van der Waals surface area contributed by atoms with Crippen LogP contribution in [-0.2, 0) is 6.54 Å². The third-order valence-corrected chi connectivity index (χ3v) is 3.06. The van der Waals surface area contributed by atoms with Crippen LogP contribution in [0, 0.1) is 0 Å². The standard InChI is InChI=1S/C14H16ClN3/c1-2-17-13-6-5-10(8-11(13)9-16)12-4-3-7-18-14(12)15/h3-8,17H,2,9,16H2,1H3. The maximum absolute atomic E-state index is 6.10. The molecule has 1 heterocycles. The van der Waals surface area contributed by atoms with Gasteiger partial charge in [-0.15, -0.1) is 0 Å². The molecule has 3 N–H and O–H groups in total. The molecule has 0 amide bonds.